The van der Waals surface area contributed by atoms with Crippen molar-refractivity contribution in [2.45, 2.75) is 44.4 Å². The topological polar surface area (TPSA) is 55.1 Å². The van der Waals surface area contributed by atoms with Gasteiger partial charge in [0, 0.05) is 18.2 Å². The van der Waals surface area contributed by atoms with Crippen molar-refractivity contribution in [2.24, 2.45) is 11.7 Å². The molecule has 0 aromatic heterocycles. The predicted molar refractivity (Wildman–Crippen MR) is 73.6 cm³/mol. The molecule has 2 rings (SSSR count). The molecule has 0 radical (unpaired) electrons. The third-order valence-electron chi connectivity index (χ3n) is 3.97. The quantitative estimate of drug-likeness (QED) is 0.898. The average molecular weight is 300 g/mol. The summed E-state index contributed by atoms with van der Waals surface area (Å²) in [5.41, 5.74) is 6.32. The van der Waals surface area contributed by atoms with E-state index >= 15 is 0 Å². The Morgan fingerprint density at radius 2 is 2.00 bits per heavy atom. The lowest BCUT2D eigenvalue weighted by Gasteiger charge is -2.33. The van der Waals surface area contributed by atoms with E-state index in [2.05, 4.69) is 5.32 Å². The van der Waals surface area contributed by atoms with Gasteiger partial charge in [-0.1, -0.05) is 25.0 Å². The van der Waals surface area contributed by atoms with Gasteiger partial charge < -0.3 is 11.1 Å². The van der Waals surface area contributed by atoms with E-state index in [4.69, 9.17) is 5.73 Å². The van der Waals surface area contributed by atoms with Crippen LogP contribution < -0.4 is 11.1 Å². The van der Waals surface area contributed by atoms with Gasteiger partial charge in [-0.25, -0.2) is 0 Å². The summed E-state index contributed by atoms with van der Waals surface area (Å²) in [6, 6.07) is 6.09. The van der Waals surface area contributed by atoms with E-state index in [1.54, 1.807) is 24.3 Å². The fourth-order valence-electron chi connectivity index (χ4n) is 2.85. The standard InChI is InChI=1S/C15H19F3N2O/c16-15(17,18)12-6-1-2-7-13(12)20-9-10-4-3-5-11(8-10)14(19)21/h3-5,8,12-13,20H,1-2,6-7,9H2,(H2,19,21). The van der Waals surface area contributed by atoms with Gasteiger partial charge in [-0.2, -0.15) is 13.2 Å². The fraction of sp³-hybridized carbons (Fsp3) is 0.533. The molecule has 1 saturated carbocycles. The van der Waals surface area contributed by atoms with Crippen LogP contribution in [0.25, 0.3) is 0 Å². The number of amides is 1. The molecule has 0 bridgehead atoms. The van der Waals surface area contributed by atoms with Crippen LogP contribution in [0.5, 0.6) is 0 Å². The SMILES string of the molecule is NC(=O)c1cccc(CNC2CCCCC2C(F)(F)F)c1. The summed E-state index contributed by atoms with van der Waals surface area (Å²) in [7, 11) is 0. The Morgan fingerprint density at radius 1 is 1.29 bits per heavy atom. The highest BCUT2D eigenvalue weighted by atomic mass is 19.4. The Kier molecular flexibility index (Phi) is 4.88. The maximum Gasteiger partial charge on any atom is 0.393 e. The summed E-state index contributed by atoms with van der Waals surface area (Å²) in [6.45, 7) is 0.304. The number of carbonyl (C=O) groups is 1. The minimum atomic E-state index is -4.16. The van der Waals surface area contributed by atoms with Crippen LogP contribution in [-0.2, 0) is 6.54 Å². The first-order valence-corrected chi connectivity index (χ1v) is 7.07. The Balaban J connectivity index is 2.01. The van der Waals surface area contributed by atoms with Crippen LogP contribution in [0.15, 0.2) is 24.3 Å². The zero-order valence-electron chi connectivity index (χ0n) is 11.6. The molecule has 1 aliphatic carbocycles. The molecule has 1 aromatic carbocycles. The lowest BCUT2D eigenvalue weighted by atomic mass is 9.84. The number of benzene rings is 1. The van der Waals surface area contributed by atoms with E-state index in [9.17, 15) is 18.0 Å². The van der Waals surface area contributed by atoms with Crippen LogP contribution in [0.3, 0.4) is 0 Å². The van der Waals surface area contributed by atoms with Crippen LogP contribution in [0.1, 0.15) is 41.6 Å². The predicted octanol–water partition coefficient (Wildman–Crippen LogP) is 3.00. The molecule has 0 aliphatic heterocycles. The number of carbonyl (C=O) groups excluding carboxylic acids is 1. The Hall–Kier alpha value is -1.56. The molecular weight excluding hydrogens is 281 g/mol. The molecule has 116 valence electrons. The summed E-state index contributed by atoms with van der Waals surface area (Å²) in [6.07, 6.45) is -2.01. The van der Waals surface area contributed by atoms with Gasteiger partial charge in [0.15, 0.2) is 0 Å². The number of primary amides is 1. The zero-order valence-corrected chi connectivity index (χ0v) is 11.6. The van der Waals surface area contributed by atoms with Gasteiger partial charge in [-0.05, 0) is 30.5 Å². The van der Waals surface area contributed by atoms with Crippen LogP contribution in [0.2, 0.25) is 0 Å². The van der Waals surface area contributed by atoms with Gasteiger partial charge in [0.1, 0.15) is 0 Å². The molecule has 3 nitrogen and oxygen atoms in total. The first kappa shape index (κ1) is 15.8. The molecule has 1 amide bonds. The van der Waals surface area contributed by atoms with E-state index in [-0.39, 0.29) is 6.42 Å². The smallest absolute Gasteiger partial charge is 0.366 e. The second-order valence-electron chi connectivity index (χ2n) is 5.48. The Labute approximate surface area is 121 Å². The first-order valence-electron chi connectivity index (χ1n) is 7.07. The molecule has 0 saturated heterocycles. The lowest BCUT2D eigenvalue weighted by molar-refractivity contribution is -0.189. The summed E-state index contributed by atoms with van der Waals surface area (Å²) in [4.78, 5) is 11.1. The molecular formula is C15H19F3N2O. The Bertz CT molecular complexity index is 502. The van der Waals surface area contributed by atoms with Crippen LogP contribution in [-0.4, -0.2) is 18.1 Å². The highest BCUT2D eigenvalue weighted by Gasteiger charge is 2.45. The molecule has 1 fully saturated rings. The van der Waals surface area contributed by atoms with Crippen LogP contribution >= 0.6 is 0 Å². The lowest BCUT2D eigenvalue weighted by Crippen LogP contribution is -2.45. The second-order valence-corrected chi connectivity index (χ2v) is 5.48. The van der Waals surface area contributed by atoms with E-state index in [1.807, 2.05) is 0 Å². The van der Waals surface area contributed by atoms with E-state index < -0.39 is 24.0 Å². The van der Waals surface area contributed by atoms with Crippen LogP contribution in [0.4, 0.5) is 13.2 Å². The largest absolute Gasteiger partial charge is 0.393 e. The maximum absolute atomic E-state index is 13.0. The van der Waals surface area contributed by atoms with Crippen molar-refractivity contribution < 1.29 is 18.0 Å². The normalized spacial score (nSPS) is 23.0. The summed E-state index contributed by atoms with van der Waals surface area (Å²) in [5, 5.41) is 2.99. The highest BCUT2D eigenvalue weighted by molar-refractivity contribution is 5.92. The third-order valence-corrected chi connectivity index (χ3v) is 3.97. The minimum absolute atomic E-state index is 0.183. The van der Waals surface area contributed by atoms with E-state index in [0.717, 1.165) is 12.0 Å². The van der Waals surface area contributed by atoms with E-state index in [0.29, 0.717) is 24.9 Å². The molecule has 1 aliphatic rings. The zero-order chi connectivity index (χ0) is 15.5. The van der Waals surface area contributed by atoms with Crippen molar-refractivity contribution in [1.29, 1.82) is 0 Å². The molecule has 2 atom stereocenters. The summed E-state index contributed by atoms with van der Waals surface area (Å²) in [5.74, 6) is -1.83. The van der Waals surface area contributed by atoms with Gasteiger partial charge >= 0.3 is 6.18 Å². The van der Waals surface area contributed by atoms with Gasteiger partial charge in [0.05, 0.1) is 5.92 Å². The van der Waals surface area contributed by atoms with Crippen molar-refractivity contribution in [3.05, 3.63) is 35.4 Å². The van der Waals surface area contributed by atoms with Crippen molar-refractivity contribution in [3.8, 4) is 0 Å². The van der Waals surface area contributed by atoms with Gasteiger partial charge in [-0.15, -0.1) is 0 Å². The van der Waals surface area contributed by atoms with Gasteiger partial charge in [0.2, 0.25) is 5.91 Å². The molecule has 6 heteroatoms. The minimum Gasteiger partial charge on any atom is -0.366 e. The summed E-state index contributed by atoms with van der Waals surface area (Å²) >= 11 is 0. The molecule has 21 heavy (non-hydrogen) atoms. The van der Waals surface area contributed by atoms with Crippen molar-refractivity contribution in [2.75, 3.05) is 0 Å². The molecule has 0 heterocycles. The van der Waals surface area contributed by atoms with Crippen molar-refractivity contribution in [1.82, 2.24) is 5.32 Å². The van der Waals surface area contributed by atoms with Gasteiger partial charge in [0.25, 0.3) is 0 Å². The monoisotopic (exact) mass is 300 g/mol. The molecule has 2 unspecified atom stereocenters. The second kappa shape index (κ2) is 6.47. The van der Waals surface area contributed by atoms with Crippen molar-refractivity contribution >= 4 is 5.91 Å². The number of hydrogen-bond donors (Lipinski definition) is 2. The highest BCUT2D eigenvalue weighted by Crippen LogP contribution is 2.37. The average Bonchev–Trinajstić information content (AvgIpc) is 2.45. The Morgan fingerprint density at radius 3 is 2.67 bits per heavy atom. The molecule has 1 aromatic rings. The summed E-state index contributed by atoms with van der Waals surface area (Å²) < 4.78 is 39.0. The van der Waals surface area contributed by atoms with Crippen LogP contribution in [0, 0.1) is 5.92 Å². The number of nitrogens with two attached hydrogens (primary N) is 1. The number of halogens is 3. The van der Waals surface area contributed by atoms with Gasteiger partial charge in [-0.3, -0.25) is 4.79 Å². The van der Waals surface area contributed by atoms with E-state index in [1.165, 1.54) is 0 Å². The number of rotatable bonds is 4. The number of nitrogens with one attached hydrogen (secondary N) is 1. The third kappa shape index (κ3) is 4.20. The molecule has 3 N–H and O–H groups in total. The first-order chi connectivity index (χ1) is 9.88. The maximum atomic E-state index is 13.0. The fourth-order valence-corrected chi connectivity index (χ4v) is 2.85. The number of hydrogen-bond acceptors (Lipinski definition) is 2. The number of alkyl halides is 3. The van der Waals surface area contributed by atoms with Crippen molar-refractivity contribution in [3.63, 3.8) is 0 Å². The molecule has 0 spiro atoms.